The Labute approximate surface area is 125 Å². The Morgan fingerprint density at radius 3 is 2.85 bits per heavy atom. The molecule has 4 nitrogen and oxygen atoms in total. The molecular formula is C15H13BrN2O2. The Morgan fingerprint density at radius 2 is 2.05 bits per heavy atom. The van der Waals surface area contributed by atoms with Crippen LogP contribution in [0.25, 0.3) is 0 Å². The average Bonchev–Trinajstić information content (AvgIpc) is 2.42. The number of carbonyl (C=O) groups excluding carboxylic acids is 1. The van der Waals surface area contributed by atoms with E-state index in [2.05, 4.69) is 15.9 Å². The van der Waals surface area contributed by atoms with Gasteiger partial charge >= 0.3 is 0 Å². The van der Waals surface area contributed by atoms with Crippen molar-refractivity contribution < 1.29 is 9.53 Å². The number of ether oxygens (including phenoxy) is 1. The zero-order chi connectivity index (χ0) is 14.1. The molecular weight excluding hydrogens is 320 g/mol. The molecule has 5 heteroatoms. The number of hydrogen-bond donors (Lipinski definition) is 1. The van der Waals surface area contributed by atoms with Crippen molar-refractivity contribution in [3.8, 4) is 5.75 Å². The summed E-state index contributed by atoms with van der Waals surface area (Å²) in [5.74, 6) is 0.565. The summed E-state index contributed by atoms with van der Waals surface area (Å²) < 4.78 is 6.41. The summed E-state index contributed by atoms with van der Waals surface area (Å²) in [5, 5.41) is 0. The molecule has 1 aliphatic heterocycles. The first kappa shape index (κ1) is 13.0. The smallest absolute Gasteiger partial charge is 0.265 e. The monoisotopic (exact) mass is 332 g/mol. The first-order valence-electron chi connectivity index (χ1n) is 6.21. The van der Waals surface area contributed by atoms with E-state index in [0.717, 1.165) is 10.0 Å². The zero-order valence-electron chi connectivity index (χ0n) is 10.7. The van der Waals surface area contributed by atoms with Crippen LogP contribution in [-0.4, -0.2) is 12.5 Å². The van der Waals surface area contributed by atoms with Crippen molar-refractivity contribution in [1.82, 2.24) is 0 Å². The molecule has 0 bridgehead atoms. The molecule has 2 aromatic carbocycles. The second kappa shape index (κ2) is 5.17. The minimum absolute atomic E-state index is 0.0461. The molecule has 1 aliphatic rings. The van der Waals surface area contributed by atoms with Gasteiger partial charge in [-0.1, -0.05) is 34.1 Å². The van der Waals surface area contributed by atoms with E-state index in [0.29, 0.717) is 23.7 Å². The molecule has 0 aromatic heterocycles. The van der Waals surface area contributed by atoms with Gasteiger partial charge in [0, 0.05) is 4.47 Å². The van der Waals surface area contributed by atoms with Gasteiger partial charge in [0.1, 0.15) is 11.4 Å². The van der Waals surface area contributed by atoms with Gasteiger partial charge in [0.15, 0.2) is 6.61 Å². The summed E-state index contributed by atoms with van der Waals surface area (Å²) in [4.78, 5) is 13.8. The molecule has 0 atom stereocenters. The highest BCUT2D eigenvalue weighted by molar-refractivity contribution is 9.10. The van der Waals surface area contributed by atoms with E-state index in [1.807, 2.05) is 36.4 Å². The number of nitrogens with two attached hydrogens (primary N) is 1. The van der Waals surface area contributed by atoms with Crippen molar-refractivity contribution in [3.63, 3.8) is 0 Å². The SMILES string of the molecule is Nc1cccc2c1N(Cc1cccc(Br)c1)C(=O)CO2. The highest BCUT2D eigenvalue weighted by atomic mass is 79.9. The molecule has 3 rings (SSSR count). The minimum atomic E-state index is -0.0876. The summed E-state index contributed by atoms with van der Waals surface area (Å²) >= 11 is 3.44. The van der Waals surface area contributed by atoms with Gasteiger partial charge in [-0.2, -0.15) is 0 Å². The van der Waals surface area contributed by atoms with E-state index in [4.69, 9.17) is 10.5 Å². The van der Waals surface area contributed by atoms with Crippen LogP contribution in [-0.2, 0) is 11.3 Å². The molecule has 0 aliphatic carbocycles. The number of nitrogen functional groups attached to an aromatic ring is 1. The van der Waals surface area contributed by atoms with Crippen LogP contribution < -0.4 is 15.4 Å². The number of carbonyl (C=O) groups is 1. The Kier molecular flexibility index (Phi) is 3.36. The fourth-order valence-corrected chi connectivity index (χ4v) is 2.72. The second-order valence-corrected chi connectivity index (χ2v) is 5.51. The number of rotatable bonds is 2. The predicted molar refractivity (Wildman–Crippen MR) is 81.7 cm³/mol. The van der Waals surface area contributed by atoms with Crippen LogP contribution in [0.2, 0.25) is 0 Å². The van der Waals surface area contributed by atoms with Crippen LogP contribution in [0, 0.1) is 0 Å². The van der Waals surface area contributed by atoms with Gasteiger partial charge < -0.3 is 10.5 Å². The summed E-state index contributed by atoms with van der Waals surface area (Å²) in [6, 6.07) is 13.3. The molecule has 1 heterocycles. The summed E-state index contributed by atoms with van der Waals surface area (Å²) in [6.45, 7) is 0.521. The summed E-state index contributed by atoms with van der Waals surface area (Å²) in [6.07, 6.45) is 0. The number of nitrogens with zero attached hydrogens (tertiary/aromatic N) is 1. The third kappa shape index (κ3) is 2.36. The van der Waals surface area contributed by atoms with Crippen LogP contribution in [0.4, 0.5) is 11.4 Å². The molecule has 0 fully saturated rings. The van der Waals surface area contributed by atoms with Gasteiger partial charge in [0.2, 0.25) is 0 Å². The van der Waals surface area contributed by atoms with Crippen LogP contribution in [0.5, 0.6) is 5.75 Å². The third-order valence-corrected chi connectivity index (χ3v) is 3.68. The molecule has 0 radical (unpaired) electrons. The fourth-order valence-electron chi connectivity index (χ4n) is 2.27. The van der Waals surface area contributed by atoms with E-state index in [9.17, 15) is 4.79 Å². The van der Waals surface area contributed by atoms with Crippen LogP contribution in [0.15, 0.2) is 46.9 Å². The topological polar surface area (TPSA) is 55.6 Å². The zero-order valence-corrected chi connectivity index (χ0v) is 12.3. The molecule has 0 spiro atoms. The summed E-state index contributed by atoms with van der Waals surface area (Å²) in [5.41, 5.74) is 8.23. The van der Waals surface area contributed by atoms with Gasteiger partial charge in [-0.25, -0.2) is 0 Å². The Balaban J connectivity index is 1.99. The standard InChI is InChI=1S/C15H13BrN2O2/c16-11-4-1-3-10(7-11)8-18-14(19)9-20-13-6-2-5-12(17)15(13)18/h1-7H,8-9,17H2. The van der Waals surface area contributed by atoms with Crippen molar-refractivity contribution in [2.45, 2.75) is 6.54 Å². The van der Waals surface area contributed by atoms with Gasteiger partial charge in [0.05, 0.1) is 12.2 Å². The van der Waals surface area contributed by atoms with Crippen molar-refractivity contribution >= 4 is 33.2 Å². The molecule has 2 aromatic rings. The van der Waals surface area contributed by atoms with Crippen molar-refractivity contribution in [1.29, 1.82) is 0 Å². The second-order valence-electron chi connectivity index (χ2n) is 4.59. The number of amides is 1. The lowest BCUT2D eigenvalue weighted by Crippen LogP contribution is -2.38. The molecule has 1 amide bonds. The third-order valence-electron chi connectivity index (χ3n) is 3.18. The van der Waals surface area contributed by atoms with Crippen LogP contribution in [0.1, 0.15) is 5.56 Å². The van der Waals surface area contributed by atoms with Crippen molar-refractivity contribution in [2.24, 2.45) is 0 Å². The van der Waals surface area contributed by atoms with E-state index >= 15 is 0 Å². The highest BCUT2D eigenvalue weighted by Crippen LogP contribution is 2.38. The highest BCUT2D eigenvalue weighted by Gasteiger charge is 2.27. The quantitative estimate of drug-likeness (QED) is 0.860. The van der Waals surface area contributed by atoms with Gasteiger partial charge in [-0.3, -0.25) is 9.69 Å². The van der Waals surface area contributed by atoms with Crippen LogP contribution >= 0.6 is 15.9 Å². The number of anilines is 2. The molecule has 20 heavy (non-hydrogen) atoms. The summed E-state index contributed by atoms with van der Waals surface area (Å²) in [7, 11) is 0. The average molecular weight is 333 g/mol. The largest absolute Gasteiger partial charge is 0.481 e. The predicted octanol–water partition coefficient (Wildman–Crippen LogP) is 2.96. The maximum atomic E-state index is 12.1. The lowest BCUT2D eigenvalue weighted by Gasteiger charge is -2.30. The van der Waals surface area contributed by atoms with E-state index in [1.54, 1.807) is 11.0 Å². The number of benzene rings is 2. The molecule has 0 saturated heterocycles. The number of para-hydroxylation sites is 1. The number of halogens is 1. The van der Waals surface area contributed by atoms with E-state index < -0.39 is 0 Å². The Hall–Kier alpha value is -2.01. The van der Waals surface area contributed by atoms with Gasteiger partial charge in [-0.15, -0.1) is 0 Å². The lowest BCUT2D eigenvalue weighted by atomic mass is 10.1. The maximum absolute atomic E-state index is 12.1. The lowest BCUT2D eigenvalue weighted by molar-refractivity contribution is -0.121. The van der Waals surface area contributed by atoms with Crippen LogP contribution in [0.3, 0.4) is 0 Å². The van der Waals surface area contributed by atoms with Crippen molar-refractivity contribution in [3.05, 3.63) is 52.5 Å². The maximum Gasteiger partial charge on any atom is 0.265 e. The first-order valence-corrected chi connectivity index (χ1v) is 7.00. The van der Waals surface area contributed by atoms with Gasteiger partial charge in [-0.05, 0) is 29.8 Å². The first-order chi connectivity index (χ1) is 9.65. The van der Waals surface area contributed by atoms with E-state index in [-0.39, 0.29) is 12.5 Å². The molecule has 102 valence electrons. The Bertz CT molecular complexity index is 673. The fraction of sp³-hybridized carbons (Fsp3) is 0.133. The van der Waals surface area contributed by atoms with E-state index in [1.165, 1.54) is 0 Å². The molecule has 2 N–H and O–H groups in total. The Morgan fingerprint density at radius 1 is 1.25 bits per heavy atom. The van der Waals surface area contributed by atoms with Gasteiger partial charge in [0.25, 0.3) is 5.91 Å². The molecule has 0 unspecified atom stereocenters. The normalized spacial score (nSPS) is 13.8. The van der Waals surface area contributed by atoms with Crippen molar-refractivity contribution in [2.75, 3.05) is 17.2 Å². The minimum Gasteiger partial charge on any atom is -0.481 e. The molecule has 0 saturated carbocycles. The number of hydrogen-bond acceptors (Lipinski definition) is 3. The number of fused-ring (bicyclic) bond motifs is 1.